The molecule has 0 bridgehead atoms. The zero-order valence-corrected chi connectivity index (χ0v) is 9.21. The Bertz CT molecular complexity index is 457. The van der Waals surface area contributed by atoms with E-state index in [0.717, 1.165) is 24.2 Å². The maximum absolute atomic E-state index is 11.1. The molecule has 1 aliphatic rings. The largest absolute Gasteiger partial charge is 0.275 e. The molecule has 78 valence electrons. The van der Waals surface area contributed by atoms with Gasteiger partial charge in [-0.25, -0.2) is 0 Å². The maximum atomic E-state index is 11.1. The number of carbonyl (C=O) groups is 1. The molecule has 1 N–H and O–H groups in total. The van der Waals surface area contributed by atoms with Gasteiger partial charge in [0.05, 0.1) is 6.20 Å². The molecule has 15 heavy (non-hydrogen) atoms. The molecule has 0 fully saturated rings. The summed E-state index contributed by atoms with van der Waals surface area (Å²) in [6, 6.07) is 0. The van der Waals surface area contributed by atoms with Crippen LogP contribution in [0.3, 0.4) is 0 Å². The number of hydrogen-bond acceptors (Lipinski definition) is 1. The summed E-state index contributed by atoms with van der Waals surface area (Å²) in [4.78, 5) is 11.1. The Labute approximate surface area is 93.0 Å². The number of aromatic nitrogens is 2. The van der Waals surface area contributed by atoms with Gasteiger partial charge in [0.25, 0.3) is 5.24 Å². The second kappa shape index (κ2) is 4.03. The van der Waals surface area contributed by atoms with Crippen molar-refractivity contribution in [1.29, 1.82) is 0 Å². The van der Waals surface area contributed by atoms with E-state index in [4.69, 9.17) is 11.6 Å². The predicted molar refractivity (Wildman–Crippen MR) is 58.6 cm³/mol. The van der Waals surface area contributed by atoms with E-state index < -0.39 is 5.24 Å². The minimum atomic E-state index is -0.422. The van der Waals surface area contributed by atoms with Crippen molar-refractivity contribution in [1.82, 2.24) is 5.10 Å². The van der Waals surface area contributed by atoms with Gasteiger partial charge in [-0.3, -0.25) is 4.79 Å². The summed E-state index contributed by atoms with van der Waals surface area (Å²) in [6.45, 7) is 1.88. The lowest BCUT2D eigenvalue weighted by Crippen LogP contribution is -2.37. The van der Waals surface area contributed by atoms with Crippen molar-refractivity contribution in [3.8, 4) is 0 Å². The van der Waals surface area contributed by atoms with E-state index in [1.54, 1.807) is 6.20 Å². The van der Waals surface area contributed by atoms with Crippen LogP contribution in [0, 0.1) is 6.92 Å². The van der Waals surface area contributed by atoms with Crippen LogP contribution < -0.4 is 4.68 Å². The first-order chi connectivity index (χ1) is 7.20. The highest BCUT2D eigenvalue weighted by Gasteiger charge is 2.22. The summed E-state index contributed by atoms with van der Waals surface area (Å²) in [7, 11) is 0. The Morgan fingerprint density at radius 2 is 2.40 bits per heavy atom. The highest BCUT2D eigenvalue weighted by Crippen LogP contribution is 2.14. The number of aromatic amines is 1. The molecule has 0 aliphatic heterocycles. The van der Waals surface area contributed by atoms with Gasteiger partial charge >= 0.3 is 0 Å². The molecule has 0 amide bonds. The van der Waals surface area contributed by atoms with Crippen LogP contribution in [0.2, 0.25) is 0 Å². The van der Waals surface area contributed by atoms with Crippen LogP contribution in [-0.2, 0) is 0 Å². The first kappa shape index (κ1) is 10.2. The van der Waals surface area contributed by atoms with E-state index >= 15 is 0 Å². The molecule has 0 saturated carbocycles. The van der Waals surface area contributed by atoms with Crippen molar-refractivity contribution >= 4 is 22.5 Å². The molecule has 1 heterocycles. The third-order valence-electron chi connectivity index (χ3n) is 2.55. The molecule has 3 nitrogen and oxygen atoms in total. The summed E-state index contributed by atoms with van der Waals surface area (Å²) in [5.41, 5.74) is 2.54. The summed E-state index contributed by atoms with van der Waals surface area (Å²) < 4.78 is 1.90. The first-order valence-corrected chi connectivity index (χ1v) is 5.24. The lowest BCUT2D eigenvalue weighted by atomic mass is 10.1. The SMILES string of the molecule is Cc1c(C(=O)Cl)c[nH][n+]1C1=CC=CCC1. The number of allylic oxidation sites excluding steroid dienone is 4. The zero-order valence-electron chi connectivity index (χ0n) is 8.46. The standard InChI is InChI=1S/C11H11ClN2O/c1-8-10(11(12)15)7-13-14(8)9-5-3-2-4-6-9/h2-3,5,7H,4,6H2,1H3/p+1. The summed E-state index contributed by atoms with van der Waals surface area (Å²) >= 11 is 5.46. The van der Waals surface area contributed by atoms with Gasteiger partial charge in [0.2, 0.25) is 11.4 Å². The molecule has 0 spiro atoms. The minimum absolute atomic E-state index is 0.422. The first-order valence-electron chi connectivity index (χ1n) is 4.86. The van der Waals surface area contributed by atoms with Gasteiger partial charge in [0.15, 0.2) is 0 Å². The number of H-pyrrole nitrogens is 1. The van der Waals surface area contributed by atoms with Gasteiger partial charge in [-0.15, -0.1) is 0 Å². The number of rotatable bonds is 2. The molecule has 0 aromatic carbocycles. The Kier molecular flexibility index (Phi) is 2.73. The average molecular weight is 224 g/mol. The van der Waals surface area contributed by atoms with E-state index in [0.29, 0.717) is 5.56 Å². The number of nitrogens with one attached hydrogen (secondary N) is 1. The van der Waals surface area contributed by atoms with Gasteiger partial charge in [0.1, 0.15) is 5.56 Å². The second-order valence-electron chi connectivity index (χ2n) is 3.51. The Balaban J connectivity index is 2.41. The topological polar surface area (TPSA) is 36.7 Å². The van der Waals surface area contributed by atoms with Crippen LogP contribution in [0.25, 0.3) is 5.70 Å². The predicted octanol–water partition coefficient (Wildman–Crippen LogP) is 2.18. The van der Waals surface area contributed by atoms with Crippen molar-refractivity contribution in [3.05, 3.63) is 35.7 Å². The van der Waals surface area contributed by atoms with Gasteiger partial charge in [-0.1, -0.05) is 16.8 Å². The fourth-order valence-electron chi connectivity index (χ4n) is 1.72. The summed E-state index contributed by atoms with van der Waals surface area (Å²) in [5, 5.41) is 2.61. The highest BCUT2D eigenvalue weighted by atomic mass is 35.5. The molecule has 1 aliphatic carbocycles. The van der Waals surface area contributed by atoms with Gasteiger partial charge < -0.3 is 0 Å². The molecular formula is C11H12ClN2O+. The lowest BCUT2D eigenvalue weighted by molar-refractivity contribution is -0.649. The average Bonchev–Trinajstić information content (AvgIpc) is 2.61. The molecule has 4 heteroatoms. The fraction of sp³-hybridized carbons (Fsp3) is 0.273. The fourth-order valence-corrected chi connectivity index (χ4v) is 1.92. The van der Waals surface area contributed by atoms with Crippen molar-refractivity contribution in [3.63, 3.8) is 0 Å². The smallest absolute Gasteiger partial charge is 0.260 e. The van der Waals surface area contributed by atoms with Crippen molar-refractivity contribution in [2.24, 2.45) is 0 Å². The third-order valence-corrected chi connectivity index (χ3v) is 2.76. The lowest BCUT2D eigenvalue weighted by Gasteiger charge is -2.01. The van der Waals surface area contributed by atoms with Crippen molar-refractivity contribution < 1.29 is 9.48 Å². The van der Waals surface area contributed by atoms with Gasteiger partial charge in [0, 0.05) is 19.4 Å². The Morgan fingerprint density at radius 1 is 1.60 bits per heavy atom. The van der Waals surface area contributed by atoms with Crippen molar-refractivity contribution in [2.45, 2.75) is 19.8 Å². The molecule has 0 unspecified atom stereocenters. The van der Waals surface area contributed by atoms with E-state index in [9.17, 15) is 4.79 Å². The zero-order chi connectivity index (χ0) is 10.8. The molecule has 0 atom stereocenters. The molecule has 0 saturated heterocycles. The van der Waals surface area contributed by atoms with Gasteiger partial charge in [-0.2, -0.15) is 5.10 Å². The van der Waals surface area contributed by atoms with Crippen LogP contribution in [0.15, 0.2) is 24.4 Å². The van der Waals surface area contributed by atoms with E-state index in [1.807, 2.05) is 23.8 Å². The van der Waals surface area contributed by atoms with Crippen LogP contribution in [0.1, 0.15) is 28.9 Å². The monoisotopic (exact) mass is 223 g/mol. The second-order valence-corrected chi connectivity index (χ2v) is 3.85. The number of carbonyl (C=O) groups excluding carboxylic acids is 1. The van der Waals surface area contributed by atoms with Crippen LogP contribution in [0.5, 0.6) is 0 Å². The molecule has 1 aromatic heterocycles. The van der Waals surface area contributed by atoms with Crippen LogP contribution in [-0.4, -0.2) is 10.3 Å². The van der Waals surface area contributed by atoms with Crippen LogP contribution >= 0.6 is 11.6 Å². The normalized spacial score (nSPS) is 15.2. The third kappa shape index (κ3) is 1.88. The van der Waals surface area contributed by atoms with E-state index in [1.165, 1.54) is 0 Å². The maximum Gasteiger partial charge on any atom is 0.260 e. The molecule has 0 radical (unpaired) electrons. The quantitative estimate of drug-likeness (QED) is 0.606. The molecule has 1 aromatic rings. The van der Waals surface area contributed by atoms with Crippen LogP contribution in [0.4, 0.5) is 0 Å². The minimum Gasteiger partial charge on any atom is -0.275 e. The number of halogens is 1. The Morgan fingerprint density at radius 3 is 2.93 bits per heavy atom. The van der Waals surface area contributed by atoms with E-state index in [2.05, 4.69) is 11.2 Å². The molecule has 2 rings (SSSR count). The van der Waals surface area contributed by atoms with E-state index in [-0.39, 0.29) is 0 Å². The Hall–Kier alpha value is -1.35. The number of hydrogen-bond donors (Lipinski definition) is 1. The summed E-state index contributed by atoms with van der Waals surface area (Å²) in [6.07, 6.45) is 9.82. The molecular weight excluding hydrogens is 212 g/mol. The van der Waals surface area contributed by atoms with Crippen molar-refractivity contribution in [2.75, 3.05) is 0 Å². The summed E-state index contributed by atoms with van der Waals surface area (Å²) in [5.74, 6) is 0. The number of nitrogens with zero attached hydrogens (tertiary/aromatic N) is 1. The highest BCUT2D eigenvalue weighted by molar-refractivity contribution is 6.67. The van der Waals surface area contributed by atoms with Gasteiger partial charge in [-0.05, 0) is 18.0 Å².